The van der Waals surface area contributed by atoms with E-state index in [0.717, 1.165) is 5.69 Å². The Morgan fingerprint density at radius 1 is 1.64 bits per heavy atom. The lowest BCUT2D eigenvalue weighted by atomic mass is 10.3. The molecule has 1 rings (SSSR count). The Balaban J connectivity index is 2.87. The first-order chi connectivity index (χ1) is 6.45. The summed E-state index contributed by atoms with van der Waals surface area (Å²) in [5, 5.41) is 2.00. The molecule has 0 spiro atoms. The standard InChI is InChI=1S/C8H14N2O2S2/c1-6(14(2,11)12)8-10-7(3-4-9)5-13-8/h5-6H,3-4,9H2,1-2H3. The van der Waals surface area contributed by atoms with Gasteiger partial charge in [0.05, 0.1) is 5.69 Å². The number of nitrogens with zero attached hydrogens (tertiary/aromatic N) is 1. The van der Waals surface area contributed by atoms with E-state index >= 15 is 0 Å². The van der Waals surface area contributed by atoms with Crippen molar-refractivity contribution in [3.63, 3.8) is 0 Å². The molecule has 1 aromatic heterocycles. The Morgan fingerprint density at radius 3 is 2.79 bits per heavy atom. The molecule has 2 N–H and O–H groups in total. The molecule has 4 nitrogen and oxygen atoms in total. The summed E-state index contributed by atoms with van der Waals surface area (Å²) in [7, 11) is -3.04. The molecule has 1 aromatic rings. The summed E-state index contributed by atoms with van der Waals surface area (Å²) < 4.78 is 22.5. The monoisotopic (exact) mass is 234 g/mol. The van der Waals surface area contributed by atoms with Gasteiger partial charge in [-0.1, -0.05) is 0 Å². The SMILES string of the molecule is CC(c1nc(CCN)cs1)S(C)(=O)=O. The van der Waals surface area contributed by atoms with Crippen molar-refractivity contribution in [3.05, 3.63) is 16.1 Å². The van der Waals surface area contributed by atoms with Crippen LogP contribution in [0.2, 0.25) is 0 Å². The normalized spacial score (nSPS) is 14.2. The first-order valence-corrected chi connectivity index (χ1v) is 7.12. The Kier molecular flexibility index (Phi) is 3.63. The van der Waals surface area contributed by atoms with Gasteiger partial charge < -0.3 is 5.73 Å². The maximum atomic E-state index is 11.2. The largest absolute Gasteiger partial charge is 0.330 e. The molecule has 0 aromatic carbocycles. The van der Waals surface area contributed by atoms with Crippen LogP contribution in [0.25, 0.3) is 0 Å². The summed E-state index contributed by atoms with van der Waals surface area (Å²) in [6.07, 6.45) is 1.93. The minimum Gasteiger partial charge on any atom is -0.330 e. The highest BCUT2D eigenvalue weighted by Crippen LogP contribution is 2.24. The molecule has 14 heavy (non-hydrogen) atoms. The van der Waals surface area contributed by atoms with Crippen LogP contribution < -0.4 is 5.73 Å². The zero-order valence-electron chi connectivity index (χ0n) is 8.23. The van der Waals surface area contributed by atoms with Crippen molar-refractivity contribution >= 4 is 21.2 Å². The summed E-state index contributed by atoms with van der Waals surface area (Å²) in [5.41, 5.74) is 6.26. The quantitative estimate of drug-likeness (QED) is 0.834. The topological polar surface area (TPSA) is 73.0 Å². The maximum absolute atomic E-state index is 11.2. The molecule has 1 unspecified atom stereocenters. The average Bonchev–Trinajstić information content (AvgIpc) is 2.50. The Hall–Kier alpha value is -0.460. The van der Waals surface area contributed by atoms with Gasteiger partial charge in [-0.3, -0.25) is 0 Å². The molecule has 0 saturated carbocycles. The van der Waals surface area contributed by atoms with Gasteiger partial charge in [-0.15, -0.1) is 11.3 Å². The minimum absolute atomic E-state index is 0.515. The van der Waals surface area contributed by atoms with Crippen LogP contribution in [0.3, 0.4) is 0 Å². The number of hydrogen-bond acceptors (Lipinski definition) is 5. The van der Waals surface area contributed by atoms with E-state index in [4.69, 9.17) is 5.73 Å². The van der Waals surface area contributed by atoms with Crippen LogP contribution >= 0.6 is 11.3 Å². The molecule has 0 aliphatic heterocycles. The molecule has 1 atom stereocenters. The molecule has 0 saturated heterocycles. The number of nitrogens with two attached hydrogens (primary N) is 1. The average molecular weight is 234 g/mol. The Labute approximate surface area is 88.1 Å². The van der Waals surface area contributed by atoms with E-state index in [0.29, 0.717) is 18.0 Å². The van der Waals surface area contributed by atoms with E-state index in [2.05, 4.69) is 4.98 Å². The van der Waals surface area contributed by atoms with Crippen molar-refractivity contribution < 1.29 is 8.42 Å². The molecule has 0 fully saturated rings. The van der Waals surface area contributed by atoms with Gasteiger partial charge in [-0.25, -0.2) is 13.4 Å². The Bertz CT molecular complexity index is 397. The Morgan fingerprint density at radius 2 is 2.29 bits per heavy atom. The fourth-order valence-electron chi connectivity index (χ4n) is 0.955. The summed E-state index contributed by atoms with van der Waals surface area (Å²) >= 11 is 1.38. The third-order valence-electron chi connectivity index (χ3n) is 1.96. The maximum Gasteiger partial charge on any atom is 0.156 e. The van der Waals surface area contributed by atoms with E-state index in [-0.39, 0.29) is 0 Å². The number of thiazole rings is 1. The number of sulfone groups is 1. The van der Waals surface area contributed by atoms with Gasteiger partial charge in [0.15, 0.2) is 9.84 Å². The third-order valence-corrected chi connectivity index (χ3v) is 4.69. The second-order valence-corrected chi connectivity index (χ2v) is 6.44. The van der Waals surface area contributed by atoms with Crippen molar-refractivity contribution in [2.45, 2.75) is 18.6 Å². The smallest absolute Gasteiger partial charge is 0.156 e. The van der Waals surface area contributed by atoms with Crippen LogP contribution in [-0.2, 0) is 16.3 Å². The van der Waals surface area contributed by atoms with Crippen LogP contribution in [0, 0.1) is 0 Å². The van der Waals surface area contributed by atoms with Crippen LogP contribution in [0.4, 0.5) is 0 Å². The van der Waals surface area contributed by atoms with Crippen molar-refractivity contribution in [1.29, 1.82) is 0 Å². The number of rotatable bonds is 4. The van der Waals surface area contributed by atoms with Gasteiger partial charge in [0.1, 0.15) is 10.3 Å². The van der Waals surface area contributed by atoms with Gasteiger partial charge in [0.25, 0.3) is 0 Å². The van der Waals surface area contributed by atoms with Crippen LogP contribution in [0.15, 0.2) is 5.38 Å². The summed E-state index contributed by atoms with van der Waals surface area (Å²) in [5.74, 6) is 0. The van der Waals surface area contributed by atoms with E-state index in [9.17, 15) is 8.42 Å². The van der Waals surface area contributed by atoms with Crippen molar-refractivity contribution in [2.75, 3.05) is 12.8 Å². The van der Waals surface area contributed by atoms with Crippen LogP contribution in [0.1, 0.15) is 22.9 Å². The summed E-state index contributed by atoms with van der Waals surface area (Å²) in [6.45, 7) is 2.19. The second kappa shape index (κ2) is 4.37. The second-order valence-electron chi connectivity index (χ2n) is 3.19. The fourth-order valence-corrected chi connectivity index (χ4v) is 2.85. The zero-order valence-corrected chi connectivity index (χ0v) is 9.86. The van der Waals surface area contributed by atoms with Gasteiger partial charge in [-0.2, -0.15) is 0 Å². The lowest BCUT2D eigenvalue weighted by Crippen LogP contribution is -2.08. The lowest BCUT2D eigenvalue weighted by Gasteiger charge is -2.03. The van der Waals surface area contributed by atoms with Crippen molar-refractivity contribution in [3.8, 4) is 0 Å². The van der Waals surface area contributed by atoms with Gasteiger partial charge in [0.2, 0.25) is 0 Å². The molecule has 6 heteroatoms. The first kappa shape index (κ1) is 11.6. The zero-order chi connectivity index (χ0) is 10.8. The predicted octanol–water partition coefficient (Wildman–Crippen LogP) is 0.750. The molecule has 0 aliphatic carbocycles. The van der Waals surface area contributed by atoms with E-state index < -0.39 is 15.1 Å². The minimum atomic E-state index is -3.04. The van der Waals surface area contributed by atoms with Crippen molar-refractivity contribution in [2.24, 2.45) is 5.73 Å². The van der Waals surface area contributed by atoms with E-state index in [1.165, 1.54) is 17.6 Å². The molecular formula is C8H14N2O2S2. The van der Waals surface area contributed by atoms with Gasteiger partial charge >= 0.3 is 0 Å². The highest BCUT2D eigenvalue weighted by Gasteiger charge is 2.20. The first-order valence-electron chi connectivity index (χ1n) is 4.28. The van der Waals surface area contributed by atoms with Crippen LogP contribution in [-0.4, -0.2) is 26.2 Å². The summed E-state index contributed by atoms with van der Waals surface area (Å²) in [4.78, 5) is 4.23. The van der Waals surface area contributed by atoms with Crippen LogP contribution in [0.5, 0.6) is 0 Å². The number of hydrogen-bond donors (Lipinski definition) is 1. The molecule has 0 aliphatic rings. The predicted molar refractivity (Wildman–Crippen MR) is 58.1 cm³/mol. The fraction of sp³-hybridized carbons (Fsp3) is 0.625. The molecule has 0 radical (unpaired) electrons. The third kappa shape index (κ3) is 2.76. The molecule has 1 heterocycles. The van der Waals surface area contributed by atoms with E-state index in [1.54, 1.807) is 6.92 Å². The highest BCUT2D eigenvalue weighted by molar-refractivity contribution is 7.91. The summed E-state index contributed by atoms with van der Waals surface area (Å²) in [6, 6.07) is 0. The molecule has 0 amide bonds. The lowest BCUT2D eigenvalue weighted by molar-refractivity contribution is 0.592. The van der Waals surface area contributed by atoms with Gasteiger partial charge in [0, 0.05) is 18.1 Å². The highest BCUT2D eigenvalue weighted by atomic mass is 32.2. The van der Waals surface area contributed by atoms with E-state index in [1.807, 2.05) is 5.38 Å². The van der Waals surface area contributed by atoms with Crippen molar-refractivity contribution in [1.82, 2.24) is 4.98 Å². The molecule has 80 valence electrons. The number of aromatic nitrogens is 1. The van der Waals surface area contributed by atoms with Gasteiger partial charge in [-0.05, 0) is 13.5 Å². The molecule has 0 bridgehead atoms. The molecular weight excluding hydrogens is 220 g/mol.